The largest absolute Gasteiger partial charge is 0.352 e. The number of halogens is 1. The zero-order chi connectivity index (χ0) is 25.5. The van der Waals surface area contributed by atoms with Crippen LogP contribution < -0.4 is 9.62 Å². The van der Waals surface area contributed by atoms with Gasteiger partial charge in [-0.05, 0) is 56.0 Å². The number of benzene rings is 2. The third-order valence-corrected chi connectivity index (χ3v) is 7.13. The summed E-state index contributed by atoms with van der Waals surface area (Å²) in [6.07, 6.45) is 2.44. The highest BCUT2D eigenvalue weighted by Crippen LogP contribution is 2.24. The predicted octanol–water partition coefficient (Wildman–Crippen LogP) is 4.00. The zero-order valence-electron chi connectivity index (χ0n) is 20.4. The number of hydrogen-bond acceptors (Lipinski definition) is 4. The fraction of sp³-hybridized carbons (Fsp3) is 0.440. The van der Waals surface area contributed by atoms with Crippen molar-refractivity contribution >= 4 is 39.1 Å². The van der Waals surface area contributed by atoms with E-state index in [1.807, 2.05) is 32.9 Å². The van der Waals surface area contributed by atoms with Crippen LogP contribution in [0.15, 0.2) is 48.5 Å². The second-order valence-corrected chi connectivity index (χ2v) is 10.7. The van der Waals surface area contributed by atoms with E-state index >= 15 is 0 Å². The third kappa shape index (κ3) is 7.46. The molecule has 0 aliphatic carbocycles. The van der Waals surface area contributed by atoms with Gasteiger partial charge in [0.2, 0.25) is 21.8 Å². The molecule has 0 bridgehead atoms. The molecule has 0 radical (unpaired) electrons. The molecule has 0 saturated heterocycles. The summed E-state index contributed by atoms with van der Waals surface area (Å²) in [7, 11) is -3.76. The average Bonchev–Trinajstić information content (AvgIpc) is 2.80. The van der Waals surface area contributed by atoms with Gasteiger partial charge >= 0.3 is 0 Å². The van der Waals surface area contributed by atoms with Gasteiger partial charge in [-0.1, -0.05) is 55.8 Å². The molecule has 2 aromatic carbocycles. The van der Waals surface area contributed by atoms with Crippen LogP contribution in [0.5, 0.6) is 0 Å². The molecule has 7 nitrogen and oxygen atoms in total. The first-order valence-corrected chi connectivity index (χ1v) is 13.6. The van der Waals surface area contributed by atoms with Gasteiger partial charge in [0.15, 0.2) is 0 Å². The van der Waals surface area contributed by atoms with E-state index in [0.29, 0.717) is 17.1 Å². The van der Waals surface area contributed by atoms with E-state index in [9.17, 15) is 18.0 Å². The van der Waals surface area contributed by atoms with Crippen LogP contribution in [0.2, 0.25) is 5.02 Å². The summed E-state index contributed by atoms with van der Waals surface area (Å²) in [5.74, 6) is -0.769. The lowest BCUT2D eigenvalue weighted by molar-refractivity contribution is -0.139. The minimum Gasteiger partial charge on any atom is -0.352 e. The smallest absolute Gasteiger partial charge is 0.244 e. The normalized spacial score (nSPS) is 13.1. The van der Waals surface area contributed by atoms with Crippen LogP contribution in [0.3, 0.4) is 0 Å². The Balaban J connectivity index is 2.41. The molecule has 9 heteroatoms. The van der Waals surface area contributed by atoms with Gasteiger partial charge in [-0.2, -0.15) is 0 Å². The van der Waals surface area contributed by atoms with E-state index in [1.54, 1.807) is 43.3 Å². The number of nitrogens with zero attached hydrogens (tertiary/aromatic N) is 2. The van der Waals surface area contributed by atoms with E-state index < -0.39 is 28.5 Å². The number of sulfonamides is 1. The van der Waals surface area contributed by atoms with Gasteiger partial charge < -0.3 is 10.2 Å². The van der Waals surface area contributed by atoms with Gasteiger partial charge in [-0.3, -0.25) is 13.9 Å². The molecular formula is C25H34ClN3O4S. The SMILES string of the molecule is CCc1ccccc1N(CC(=O)N(Cc1ccc(Cl)cc1)C(C)C(=O)NC(C)CC)S(C)(=O)=O. The summed E-state index contributed by atoms with van der Waals surface area (Å²) in [6, 6.07) is 13.2. The van der Waals surface area contributed by atoms with Crippen molar-refractivity contribution in [2.45, 2.75) is 59.2 Å². The number of hydrogen-bond donors (Lipinski definition) is 1. The summed E-state index contributed by atoms with van der Waals surface area (Å²) < 4.78 is 26.5. The molecule has 0 aliphatic heterocycles. The van der Waals surface area contributed by atoms with Crippen molar-refractivity contribution < 1.29 is 18.0 Å². The lowest BCUT2D eigenvalue weighted by Gasteiger charge is -2.32. The Hall–Kier alpha value is -2.58. The average molecular weight is 508 g/mol. The van der Waals surface area contributed by atoms with Gasteiger partial charge in [0, 0.05) is 17.6 Å². The molecular weight excluding hydrogens is 474 g/mol. The second-order valence-electron chi connectivity index (χ2n) is 8.39. The minimum atomic E-state index is -3.76. The van der Waals surface area contributed by atoms with Crippen molar-refractivity contribution in [3.8, 4) is 0 Å². The van der Waals surface area contributed by atoms with E-state index in [0.717, 1.165) is 28.1 Å². The van der Waals surface area contributed by atoms with E-state index in [1.165, 1.54) is 4.90 Å². The number of amides is 2. The van der Waals surface area contributed by atoms with Gasteiger partial charge in [0.25, 0.3) is 0 Å². The number of aryl methyl sites for hydroxylation is 1. The Kier molecular flexibility index (Phi) is 9.94. The first-order valence-electron chi connectivity index (χ1n) is 11.4. The maximum Gasteiger partial charge on any atom is 0.244 e. The molecule has 34 heavy (non-hydrogen) atoms. The van der Waals surface area contributed by atoms with E-state index in [-0.39, 0.29) is 18.5 Å². The van der Waals surface area contributed by atoms with Crippen LogP contribution >= 0.6 is 11.6 Å². The Labute approximate surface area is 208 Å². The predicted molar refractivity (Wildman–Crippen MR) is 137 cm³/mol. The lowest BCUT2D eigenvalue weighted by Crippen LogP contribution is -2.52. The molecule has 0 aliphatic rings. The molecule has 2 unspecified atom stereocenters. The molecule has 2 amide bonds. The number of para-hydroxylation sites is 1. The van der Waals surface area contributed by atoms with Crippen LogP contribution in [0.1, 0.15) is 45.2 Å². The summed E-state index contributed by atoms with van der Waals surface area (Å²) in [5.41, 5.74) is 2.05. The lowest BCUT2D eigenvalue weighted by atomic mass is 10.1. The summed E-state index contributed by atoms with van der Waals surface area (Å²) in [4.78, 5) is 27.9. The van der Waals surface area contributed by atoms with Crippen LogP contribution in [-0.2, 0) is 32.6 Å². The van der Waals surface area contributed by atoms with Crippen LogP contribution in [0.25, 0.3) is 0 Å². The first kappa shape index (κ1) is 27.7. The van der Waals surface area contributed by atoms with Crippen LogP contribution in [0.4, 0.5) is 5.69 Å². The minimum absolute atomic E-state index is 0.0496. The van der Waals surface area contributed by atoms with Gasteiger partial charge in [-0.25, -0.2) is 8.42 Å². The third-order valence-electron chi connectivity index (χ3n) is 5.75. The van der Waals surface area contributed by atoms with Crippen molar-refractivity contribution in [2.75, 3.05) is 17.1 Å². The number of nitrogens with one attached hydrogen (secondary N) is 1. The van der Waals surface area contributed by atoms with Crippen molar-refractivity contribution in [1.82, 2.24) is 10.2 Å². The zero-order valence-corrected chi connectivity index (χ0v) is 22.0. The summed E-state index contributed by atoms with van der Waals surface area (Å²) in [6.45, 7) is 7.15. The molecule has 2 aromatic rings. The molecule has 0 saturated carbocycles. The Morgan fingerprint density at radius 2 is 1.65 bits per heavy atom. The standard InChI is InChI=1S/C25H34ClN3O4S/c1-6-18(3)27-25(31)19(4)28(16-20-12-14-22(26)15-13-20)24(30)17-29(34(5,32)33)23-11-9-8-10-21(23)7-2/h8-15,18-19H,6-7,16-17H2,1-5H3,(H,27,31). The molecule has 186 valence electrons. The van der Waals surface area contributed by atoms with E-state index in [2.05, 4.69) is 5.32 Å². The topological polar surface area (TPSA) is 86.8 Å². The fourth-order valence-corrected chi connectivity index (χ4v) is 4.49. The molecule has 0 fully saturated rings. The molecule has 0 spiro atoms. The second kappa shape index (κ2) is 12.2. The summed E-state index contributed by atoms with van der Waals surface area (Å²) in [5, 5.41) is 3.47. The fourth-order valence-electron chi connectivity index (χ4n) is 3.48. The van der Waals surface area contributed by atoms with Crippen molar-refractivity contribution in [3.05, 3.63) is 64.7 Å². The molecule has 2 atom stereocenters. The maximum absolute atomic E-state index is 13.6. The monoisotopic (exact) mass is 507 g/mol. The quantitative estimate of drug-likeness (QED) is 0.498. The Morgan fingerprint density at radius 1 is 1.03 bits per heavy atom. The van der Waals surface area contributed by atoms with Crippen molar-refractivity contribution in [1.29, 1.82) is 0 Å². The highest BCUT2D eigenvalue weighted by Gasteiger charge is 2.31. The van der Waals surface area contributed by atoms with E-state index in [4.69, 9.17) is 11.6 Å². The number of carbonyl (C=O) groups excluding carboxylic acids is 2. The molecule has 2 rings (SSSR count). The molecule has 0 aromatic heterocycles. The highest BCUT2D eigenvalue weighted by atomic mass is 35.5. The van der Waals surface area contributed by atoms with Crippen molar-refractivity contribution in [2.24, 2.45) is 0 Å². The van der Waals surface area contributed by atoms with Gasteiger partial charge in [0.1, 0.15) is 12.6 Å². The summed E-state index contributed by atoms with van der Waals surface area (Å²) >= 11 is 5.99. The van der Waals surface area contributed by atoms with Crippen molar-refractivity contribution in [3.63, 3.8) is 0 Å². The molecule has 1 N–H and O–H groups in total. The number of rotatable bonds is 11. The number of anilines is 1. The van der Waals surface area contributed by atoms with Crippen LogP contribution in [-0.4, -0.2) is 50.0 Å². The first-order chi connectivity index (χ1) is 16.0. The number of carbonyl (C=O) groups is 2. The maximum atomic E-state index is 13.6. The van der Waals surface area contributed by atoms with Gasteiger partial charge in [-0.15, -0.1) is 0 Å². The Bertz CT molecular complexity index is 1090. The van der Waals surface area contributed by atoms with Crippen LogP contribution in [0, 0.1) is 0 Å². The Morgan fingerprint density at radius 3 is 2.21 bits per heavy atom. The molecule has 0 heterocycles. The van der Waals surface area contributed by atoms with Gasteiger partial charge in [0.05, 0.1) is 11.9 Å². The highest BCUT2D eigenvalue weighted by molar-refractivity contribution is 7.92.